The van der Waals surface area contributed by atoms with Crippen molar-refractivity contribution in [1.29, 1.82) is 0 Å². The third-order valence-electron chi connectivity index (χ3n) is 9.80. The van der Waals surface area contributed by atoms with Gasteiger partial charge in [-0.1, -0.05) is 26.0 Å². The molecule has 0 spiro atoms. The zero-order chi connectivity index (χ0) is 22.7. The fraction of sp³-hybridized carbons (Fsp3) is 0.720. The maximum atomic E-state index is 10.3. The van der Waals surface area contributed by atoms with Crippen molar-refractivity contribution in [1.82, 2.24) is 19.5 Å². The first kappa shape index (κ1) is 21.8. The average Bonchev–Trinajstić information content (AvgIpc) is 3.32. The summed E-state index contributed by atoms with van der Waals surface area (Å²) in [7, 11) is 0. The molecule has 3 aliphatic carbocycles. The Kier molecular flexibility index (Phi) is 5.32. The summed E-state index contributed by atoms with van der Waals surface area (Å²) in [6, 6.07) is 0. The van der Waals surface area contributed by atoms with Gasteiger partial charge in [0.2, 0.25) is 0 Å². The Morgan fingerprint density at radius 2 is 1.97 bits per heavy atom. The summed E-state index contributed by atoms with van der Waals surface area (Å²) in [5, 5.41) is 20.6. The van der Waals surface area contributed by atoms with Crippen LogP contribution in [0.1, 0.15) is 58.8 Å². The minimum Gasteiger partial charge on any atom is -0.396 e. The Morgan fingerprint density at radius 1 is 1.16 bits per heavy atom. The van der Waals surface area contributed by atoms with Crippen LogP contribution in [0.2, 0.25) is 0 Å². The molecule has 4 N–H and O–H groups in total. The zero-order valence-electron chi connectivity index (χ0n) is 19.4. The summed E-state index contributed by atoms with van der Waals surface area (Å²) in [4.78, 5) is 13.1. The number of fused-ring (bicyclic) bond motifs is 2. The number of aliphatic hydroxyl groups is 2. The second-order valence-electron chi connectivity index (χ2n) is 11.1. The number of aromatic nitrogens is 4. The number of nitrogen functional groups attached to an aromatic ring is 1. The molecule has 3 fully saturated rings. The lowest BCUT2D eigenvalue weighted by Crippen LogP contribution is -2.52. The van der Waals surface area contributed by atoms with E-state index >= 15 is 0 Å². The van der Waals surface area contributed by atoms with Crippen LogP contribution in [0.25, 0.3) is 11.2 Å². The summed E-state index contributed by atoms with van der Waals surface area (Å²) in [6.07, 6.45) is 10.1. The number of aliphatic hydroxyl groups excluding tert-OH is 2. The van der Waals surface area contributed by atoms with E-state index in [0.29, 0.717) is 35.5 Å². The summed E-state index contributed by atoms with van der Waals surface area (Å²) < 4.78 is 2.16. The Hall–Kier alpha value is -1.99. The second kappa shape index (κ2) is 7.80. The number of hydrogen-bond donors (Lipinski definition) is 3. The van der Waals surface area contributed by atoms with E-state index in [0.717, 1.165) is 44.3 Å². The van der Waals surface area contributed by atoms with Gasteiger partial charge in [-0.3, -0.25) is 0 Å². The van der Waals surface area contributed by atoms with E-state index in [2.05, 4.69) is 39.9 Å². The third kappa shape index (κ3) is 3.19. The van der Waals surface area contributed by atoms with Gasteiger partial charge in [-0.25, -0.2) is 15.0 Å². The summed E-state index contributed by atoms with van der Waals surface area (Å²) in [5.41, 5.74) is 9.09. The highest BCUT2D eigenvalue weighted by atomic mass is 16.3. The lowest BCUT2D eigenvalue weighted by atomic mass is 9.49. The Balaban J connectivity index is 1.55. The van der Waals surface area contributed by atoms with E-state index < -0.39 is 0 Å². The van der Waals surface area contributed by atoms with Crippen LogP contribution in [0.4, 0.5) is 5.82 Å². The van der Waals surface area contributed by atoms with Crippen molar-refractivity contribution in [2.45, 2.75) is 71.4 Å². The second-order valence-corrected chi connectivity index (χ2v) is 11.1. The van der Waals surface area contributed by atoms with E-state index in [4.69, 9.17) is 5.73 Å². The van der Waals surface area contributed by atoms with Crippen molar-refractivity contribution >= 4 is 17.0 Å². The Labute approximate surface area is 190 Å². The monoisotopic (exact) mass is 439 g/mol. The molecule has 7 unspecified atom stereocenters. The van der Waals surface area contributed by atoms with Gasteiger partial charge in [0.05, 0.1) is 12.4 Å². The van der Waals surface area contributed by atoms with Crippen LogP contribution in [0, 0.1) is 34.5 Å². The van der Waals surface area contributed by atoms with E-state index in [1.54, 1.807) is 0 Å². The molecule has 0 aromatic carbocycles. The first-order valence-electron chi connectivity index (χ1n) is 12.2. The maximum absolute atomic E-state index is 10.3. The number of imidazole rings is 1. The van der Waals surface area contributed by atoms with Crippen LogP contribution in [-0.2, 0) is 6.54 Å². The van der Waals surface area contributed by atoms with Gasteiger partial charge in [0.15, 0.2) is 11.5 Å². The van der Waals surface area contributed by atoms with Crippen LogP contribution in [-0.4, -0.2) is 42.4 Å². The van der Waals surface area contributed by atoms with Crippen LogP contribution < -0.4 is 5.73 Å². The Bertz CT molecular complexity index is 1020. The number of nitrogens with two attached hydrogens (primary N) is 1. The fourth-order valence-electron chi connectivity index (χ4n) is 7.70. The third-order valence-corrected chi connectivity index (χ3v) is 9.80. The number of hydrogen-bond acceptors (Lipinski definition) is 6. The molecule has 0 radical (unpaired) electrons. The minimum atomic E-state index is -0.295. The van der Waals surface area contributed by atoms with Crippen LogP contribution in [0.15, 0.2) is 24.8 Å². The van der Waals surface area contributed by atoms with Gasteiger partial charge in [0, 0.05) is 13.2 Å². The molecule has 2 heterocycles. The van der Waals surface area contributed by atoms with Gasteiger partial charge < -0.3 is 20.5 Å². The fourth-order valence-corrected chi connectivity index (χ4v) is 7.70. The van der Waals surface area contributed by atoms with Crippen molar-refractivity contribution in [2.24, 2.45) is 34.5 Å². The summed E-state index contributed by atoms with van der Waals surface area (Å²) in [6.45, 7) is 10.2. The van der Waals surface area contributed by atoms with Crippen molar-refractivity contribution in [3.05, 3.63) is 24.8 Å². The first-order valence-corrected chi connectivity index (χ1v) is 12.2. The molecule has 32 heavy (non-hydrogen) atoms. The summed E-state index contributed by atoms with van der Waals surface area (Å²) >= 11 is 0. The van der Waals surface area contributed by atoms with Gasteiger partial charge in [0.1, 0.15) is 11.8 Å². The van der Waals surface area contributed by atoms with Crippen LogP contribution in [0.3, 0.4) is 0 Å². The highest BCUT2D eigenvalue weighted by Crippen LogP contribution is 2.63. The SMILES string of the molecule is C=C1CCC2C(Cn3cnc4c(N)ncnc43)C(C3(C)CCC(O)CC3CO)CCC12C. The van der Waals surface area contributed by atoms with E-state index in [1.807, 2.05) is 6.33 Å². The molecule has 174 valence electrons. The number of allylic oxidation sites excluding steroid dienone is 1. The predicted molar refractivity (Wildman–Crippen MR) is 124 cm³/mol. The molecule has 0 aliphatic heterocycles. The standard InChI is InChI=1S/C25H37N5O2/c1-15-4-5-19-18(11-30-14-29-21-22(26)27-13-28-23(21)30)20(7-9-24(15,19)2)25(3)8-6-17(32)10-16(25)12-31/h13-14,16-20,31-32H,1,4-12H2,2-3H3,(H2,26,27,28). The molecule has 7 heteroatoms. The zero-order valence-corrected chi connectivity index (χ0v) is 19.4. The highest BCUT2D eigenvalue weighted by molar-refractivity contribution is 5.81. The molecule has 2 aromatic heterocycles. The number of anilines is 1. The van der Waals surface area contributed by atoms with Gasteiger partial charge in [-0.15, -0.1) is 0 Å². The quantitative estimate of drug-likeness (QED) is 0.628. The van der Waals surface area contributed by atoms with E-state index in [9.17, 15) is 10.2 Å². The largest absolute Gasteiger partial charge is 0.396 e. The smallest absolute Gasteiger partial charge is 0.165 e. The van der Waals surface area contributed by atoms with Gasteiger partial charge in [-0.05, 0) is 79.4 Å². The normalized spacial score (nSPS) is 40.0. The lowest BCUT2D eigenvalue weighted by molar-refractivity contribution is -0.0973. The average molecular weight is 440 g/mol. The van der Waals surface area contributed by atoms with E-state index in [-0.39, 0.29) is 29.5 Å². The van der Waals surface area contributed by atoms with Gasteiger partial charge >= 0.3 is 0 Å². The molecule has 7 nitrogen and oxygen atoms in total. The number of nitrogens with zero attached hydrogens (tertiary/aromatic N) is 4. The molecule has 3 aliphatic rings. The molecular weight excluding hydrogens is 402 g/mol. The van der Waals surface area contributed by atoms with Gasteiger partial charge in [0.25, 0.3) is 0 Å². The highest BCUT2D eigenvalue weighted by Gasteiger charge is 2.56. The number of rotatable bonds is 4. The maximum Gasteiger partial charge on any atom is 0.165 e. The molecule has 0 amide bonds. The van der Waals surface area contributed by atoms with Crippen LogP contribution in [0.5, 0.6) is 0 Å². The molecule has 5 rings (SSSR count). The molecule has 0 saturated heterocycles. The predicted octanol–water partition coefficient (Wildman–Crippen LogP) is 3.57. The molecule has 0 bridgehead atoms. The van der Waals surface area contributed by atoms with Gasteiger partial charge in [-0.2, -0.15) is 0 Å². The lowest BCUT2D eigenvalue weighted by Gasteiger charge is -2.56. The van der Waals surface area contributed by atoms with Crippen molar-refractivity contribution in [3.63, 3.8) is 0 Å². The summed E-state index contributed by atoms with van der Waals surface area (Å²) in [5.74, 6) is 1.99. The van der Waals surface area contributed by atoms with Crippen molar-refractivity contribution in [3.8, 4) is 0 Å². The van der Waals surface area contributed by atoms with Crippen molar-refractivity contribution < 1.29 is 10.2 Å². The first-order chi connectivity index (χ1) is 15.3. The molecule has 2 aromatic rings. The molecule has 3 saturated carbocycles. The molecule has 7 atom stereocenters. The van der Waals surface area contributed by atoms with Crippen LogP contribution >= 0.6 is 0 Å². The van der Waals surface area contributed by atoms with Crippen molar-refractivity contribution in [2.75, 3.05) is 12.3 Å². The Morgan fingerprint density at radius 3 is 2.75 bits per heavy atom. The molecular formula is C25H37N5O2. The van der Waals surface area contributed by atoms with E-state index in [1.165, 1.54) is 18.3 Å². The topological polar surface area (TPSA) is 110 Å². The minimum absolute atomic E-state index is 0.00823.